The van der Waals surface area contributed by atoms with Crippen LogP contribution >= 0.6 is 0 Å². The zero-order valence-corrected chi connectivity index (χ0v) is 103. The second kappa shape index (κ2) is 57.1. The summed E-state index contributed by atoms with van der Waals surface area (Å²) >= 11 is 0. The van der Waals surface area contributed by atoms with Gasteiger partial charge in [0, 0.05) is 376 Å². The Balaban J connectivity index is -0.000000598. The molecular weight excluding hydrogens is 3000 g/mol. The van der Waals surface area contributed by atoms with Crippen LogP contribution in [0.15, 0.2) is 0 Å². The minimum absolute atomic E-state index is 0. The molecule has 8 radical (unpaired) electrons. The van der Waals surface area contributed by atoms with E-state index in [4.69, 9.17) is 56.8 Å². The second-order valence-corrected chi connectivity index (χ2v) is 30.4. The van der Waals surface area contributed by atoms with Gasteiger partial charge >= 0.3 is 0 Å². The van der Waals surface area contributed by atoms with Gasteiger partial charge in [0.2, 0.25) is 0 Å². The van der Waals surface area contributed by atoms with Gasteiger partial charge in [-0.25, -0.2) is 0 Å². The molecule has 8 saturated heterocycles. The van der Waals surface area contributed by atoms with Crippen LogP contribution in [0.25, 0.3) is 0 Å². The molecule has 0 spiro atoms. The molecule has 0 aromatic rings. The van der Waals surface area contributed by atoms with Crippen molar-refractivity contribution in [1.82, 2.24) is 0 Å². The molecule has 0 aromatic heterocycles. The van der Waals surface area contributed by atoms with Crippen molar-refractivity contribution in [3.63, 3.8) is 0 Å². The smallest absolute Gasteiger partial charge is 0.161 e. The summed E-state index contributed by atoms with van der Waals surface area (Å²) in [6.45, 7) is 48.0. The summed E-state index contributed by atoms with van der Waals surface area (Å²) < 4.78 is 72.7. The molecule has 29 heteroatoms. The Morgan fingerprint density at radius 2 is 0.360 bits per heavy atom. The molecule has 568 valence electrons. The number of rotatable bonds is 16. The van der Waals surface area contributed by atoms with Gasteiger partial charge in [-0.1, -0.05) is 132 Å². The number of hydrogen-bond acceptors (Lipinski definition) is 21. The first-order chi connectivity index (χ1) is 43.2. The van der Waals surface area contributed by atoms with Crippen LogP contribution in [0.3, 0.4) is 0 Å². The first kappa shape index (κ1) is 117. The summed E-state index contributed by atoms with van der Waals surface area (Å²) in [5.41, 5.74) is 0. The largest absolute Gasteiger partial charge is 0.394 e. The monoisotopic (exact) mass is 3140 g/mol. The molecule has 19 unspecified atom stereocenters. The van der Waals surface area contributed by atoms with Crippen molar-refractivity contribution >= 4 is 0 Å². The predicted molar refractivity (Wildman–Crippen MR) is 348 cm³/mol. The molecule has 0 bridgehead atoms. The Kier molecular flexibility index (Phi) is 66.8. The van der Waals surface area contributed by atoms with Gasteiger partial charge in [0.05, 0.1) is 126 Å². The summed E-state index contributed by atoms with van der Waals surface area (Å²) in [5, 5.41) is 87.0. The molecule has 0 saturated carbocycles. The second-order valence-electron chi connectivity index (χ2n) is 30.4. The van der Waals surface area contributed by atoms with Crippen LogP contribution in [-0.4, -0.2) is 228 Å². The summed E-state index contributed by atoms with van der Waals surface area (Å²) in [5.74, 6) is 5.09. The van der Waals surface area contributed by atoms with E-state index >= 15 is 0 Å². The SMILES string of the molecule is CC1OC(CO)[C@@H](O[C@H]2OC(CO)[C@@H](C)[C@H](C)C2C)[C@H](C)C1C.CC1OC(CO)[C@@H](O[C@H]2OC(CO)[C@@H](C)[C@H](C)C2C)[C@H](C)C1C.CC1OC(CO)[C@@H](O[C@H]2OC(CO)[C@@H](O)[C@H](C)C2C)[C@H](C)C1C.CC1[C@@H](O[C@@H]2C(CO)O[C@@H](C)C(C)[C@H]2C)OC(CO)[C@@H](C)[C@@H]1C.[Ac].[Ac].[Ac].[Ac].[Ac].[Ac].[Ac].[Ac]. The van der Waals surface area contributed by atoms with Crippen molar-refractivity contribution in [2.24, 2.45) is 112 Å². The van der Waals surface area contributed by atoms with E-state index in [1.807, 2.05) is 41.5 Å². The van der Waals surface area contributed by atoms with Crippen LogP contribution in [-0.2, 0) is 56.8 Å². The van der Waals surface area contributed by atoms with Crippen molar-refractivity contribution in [3.05, 3.63) is 0 Å². The molecule has 100 heavy (non-hydrogen) atoms. The van der Waals surface area contributed by atoms with E-state index < -0.39 is 18.5 Å². The fourth-order valence-electron chi connectivity index (χ4n) is 15.4. The quantitative estimate of drug-likeness (QED) is 0.0758. The molecule has 40 atom stereocenters. The molecule has 8 fully saturated rings. The first-order valence-electron chi connectivity index (χ1n) is 35.7. The molecule has 0 aliphatic carbocycles. The van der Waals surface area contributed by atoms with E-state index in [-0.39, 0.29) is 569 Å². The van der Waals surface area contributed by atoms with E-state index in [0.717, 1.165) is 0 Å². The average molecular weight is 3140 g/mol. The third kappa shape index (κ3) is 30.7. The van der Waals surface area contributed by atoms with Gasteiger partial charge in [-0.15, -0.1) is 0 Å². The van der Waals surface area contributed by atoms with Crippen LogP contribution in [0.2, 0.25) is 0 Å². The Labute approximate surface area is 890 Å². The van der Waals surface area contributed by atoms with Crippen LogP contribution in [0.5, 0.6) is 0 Å². The zero-order valence-electron chi connectivity index (χ0n) is 65.3. The normalized spacial score (nSPS) is 47.5. The van der Waals surface area contributed by atoms with E-state index in [9.17, 15) is 46.0 Å². The third-order valence-corrected chi connectivity index (χ3v) is 25.4. The molecule has 8 rings (SSSR count). The van der Waals surface area contributed by atoms with Crippen molar-refractivity contribution in [3.8, 4) is 0 Å². The minimum atomic E-state index is -0.706. The molecule has 21 nitrogen and oxygen atoms in total. The fraction of sp³-hybridized carbons (Fsp3) is 1.00. The minimum Gasteiger partial charge on any atom is -0.394 e. The first-order valence-corrected chi connectivity index (χ1v) is 35.7. The Morgan fingerprint density at radius 3 is 0.540 bits per heavy atom. The maximum atomic E-state index is 10.2. The van der Waals surface area contributed by atoms with E-state index in [1.54, 1.807) is 0 Å². The van der Waals surface area contributed by atoms with Gasteiger partial charge in [0.1, 0.15) is 30.5 Å². The van der Waals surface area contributed by atoms with Crippen molar-refractivity contribution < 1.29 is 455 Å². The molecule has 9 N–H and O–H groups in total. The maximum absolute atomic E-state index is 10.2. The van der Waals surface area contributed by atoms with Gasteiger partial charge in [-0.3, -0.25) is 0 Å². The molecular formula is C71H134Ac8O21. The summed E-state index contributed by atoms with van der Waals surface area (Å²) in [6, 6.07) is 0. The van der Waals surface area contributed by atoms with E-state index in [1.165, 1.54) is 0 Å². The van der Waals surface area contributed by atoms with Crippen LogP contribution in [0.4, 0.5) is 0 Å². The topological polar surface area (TPSA) is 293 Å². The molecule has 0 amide bonds. The molecule has 8 aliphatic heterocycles. The van der Waals surface area contributed by atoms with E-state index in [0.29, 0.717) is 59.2 Å². The Hall–Kier alpha value is 10.7. The third-order valence-electron chi connectivity index (χ3n) is 25.4. The Bertz CT molecular complexity index is 1810. The van der Waals surface area contributed by atoms with Crippen LogP contribution < -0.4 is 0 Å². The number of aliphatic hydroxyl groups excluding tert-OH is 9. The van der Waals surface area contributed by atoms with Gasteiger partial charge in [-0.2, -0.15) is 0 Å². The zero-order chi connectivity index (χ0) is 69.2. The number of hydrogen-bond donors (Lipinski definition) is 9. The van der Waals surface area contributed by atoms with Gasteiger partial charge in [-0.05, 0) is 116 Å². The molecule has 0 aromatic carbocycles. The van der Waals surface area contributed by atoms with Crippen molar-refractivity contribution in [2.75, 3.05) is 52.9 Å². The van der Waals surface area contributed by atoms with E-state index in [2.05, 4.69) is 118 Å². The van der Waals surface area contributed by atoms with Gasteiger partial charge in [0.25, 0.3) is 0 Å². The van der Waals surface area contributed by atoms with Gasteiger partial charge < -0.3 is 103 Å². The summed E-state index contributed by atoms with van der Waals surface area (Å²) in [4.78, 5) is 0. The van der Waals surface area contributed by atoms with Gasteiger partial charge in [0.15, 0.2) is 25.2 Å². The summed E-state index contributed by atoms with van der Waals surface area (Å²) in [6.07, 6.45) is -5.43. The molecule has 8 heterocycles. The summed E-state index contributed by atoms with van der Waals surface area (Å²) in [7, 11) is 0. The Morgan fingerprint density at radius 1 is 0.190 bits per heavy atom. The fourth-order valence-corrected chi connectivity index (χ4v) is 15.4. The maximum Gasteiger partial charge on any atom is 0.161 e. The number of ether oxygens (including phenoxy) is 12. The number of aliphatic hydroxyl groups is 9. The van der Waals surface area contributed by atoms with Crippen LogP contribution in [0, 0.1) is 465 Å². The average Bonchev–Trinajstić information content (AvgIpc) is 0.805. The van der Waals surface area contributed by atoms with Crippen molar-refractivity contribution in [1.29, 1.82) is 0 Å². The predicted octanol–water partition coefficient (Wildman–Crippen LogP) is 6.92. The molecule has 8 aliphatic rings. The standard InChI is InChI=1S/3C18H34O5.C17H32O6.8Ac/c3*1-9-11(3)15(7-19)22-18(13(9)5)23-17-12(4)10(2)14(6)21-16(17)8-20;1-8-10(3)16(14(7-19)21-12(8)5)23-17-11(4)9(2)15(20)13(6-18)22-17;;;;;;;;/h3*9-20H,7-8H2,1-6H3;8-20H,6-7H2,1-5H3;;;;;;;;/t2*9-,10?,11-,12+,13?,14?,15?,16?,17-,18+;9-,10?,11-,12+,13?,14-,15?,16?,17-,18+;8?,9-,10-,11?,12?,13?,14?,15+,16+,17-;;;;;;;;/m0001......../s1. The van der Waals surface area contributed by atoms with Crippen molar-refractivity contribution in [2.45, 2.75) is 288 Å². The van der Waals surface area contributed by atoms with Crippen LogP contribution in [0.1, 0.15) is 159 Å².